The van der Waals surface area contributed by atoms with E-state index in [4.69, 9.17) is 4.74 Å². The van der Waals surface area contributed by atoms with E-state index in [1.807, 2.05) is 31.3 Å². The van der Waals surface area contributed by atoms with Gasteiger partial charge in [-0.2, -0.15) is 0 Å². The van der Waals surface area contributed by atoms with E-state index < -0.39 is 0 Å². The van der Waals surface area contributed by atoms with E-state index in [0.29, 0.717) is 12.6 Å². The minimum absolute atomic E-state index is 0.442. The fourth-order valence-electron chi connectivity index (χ4n) is 2.67. The topological polar surface area (TPSA) is 21.3 Å². The van der Waals surface area contributed by atoms with Gasteiger partial charge in [-0.25, -0.2) is 0 Å². The predicted molar refractivity (Wildman–Crippen MR) is 86.4 cm³/mol. The van der Waals surface area contributed by atoms with Crippen LogP contribution in [0.1, 0.15) is 36.4 Å². The number of nitrogens with one attached hydrogen (secondary N) is 1. The molecule has 2 aromatic rings. The van der Waals surface area contributed by atoms with Crippen LogP contribution < -0.4 is 10.1 Å². The Balaban J connectivity index is 1.64. The average Bonchev–Trinajstić information content (AvgIpc) is 3.36. The SMILES string of the molecule is CNC(CC1CC1)c1cccc(OCc2ccccc2)c1. The molecule has 1 aliphatic rings. The molecule has 2 nitrogen and oxygen atoms in total. The first kappa shape index (κ1) is 14.2. The van der Waals surface area contributed by atoms with Crippen LogP contribution in [0.25, 0.3) is 0 Å². The van der Waals surface area contributed by atoms with Crippen molar-refractivity contribution in [3.63, 3.8) is 0 Å². The van der Waals surface area contributed by atoms with Crippen molar-refractivity contribution in [3.05, 3.63) is 65.7 Å². The molecule has 1 atom stereocenters. The van der Waals surface area contributed by atoms with E-state index in [1.54, 1.807) is 0 Å². The maximum atomic E-state index is 5.92. The summed E-state index contributed by atoms with van der Waals surface area (Å²) in [5.41, 5.74) is 2.53. The molecular weight excluding hydrogens is 258 g/mol. The molecule has 1 fully saturated rings. The van der Waals surface area contributed by atoms with Gasteiger partial charge in [0.05, 0.1) is 0 Å². The number of hydrogen-bond acceptors (Lipinski definition) is 2. The van der Waals surface area contributed by atoms with Gasteiger partial charge in [0.15, 0.2) is 0 Å². The molecule has 0 saturated heterocycles. The minimum atomic E-state index is 0.442. The molecule has 0 aliphatic heterocycles. The molecule has 0 heterocycles. The van der Waals surface area contributed by atoms with Crippen LogP contribution in [0, 0.1) is 5.92 Å². The highest BCUT2D eigenvalue weighted by molar-refractivity contribution is 5.31. The monoisotopic (exact) mass is 281 g/mol. The number of hydrogen-bond donors (Lipinski definition) is 1. The third kappa shape index (κ3) is 4.08. The Morgan fingerprint density at radius 3 is 2.62 bits per heavy atom. The molecule has 1 aliphatic carbocycles. The quantitative estimate of drug-likeness (QED) is 0.815. The molecule has 0 radical (unpaired) electrons. The highest BCUT2D eigenvalue weighted by atomic mass is 16.5. The first-order valence-corrected chi connectivity index (χ1v) is 7.79. The van der Waals surface area contributed by atoms with Gasteiger partial charge in [-0.05, 0) is 42.6 Å². The summed E-state index contributed by atoms with van der Waals surface area (Å²) in [6.07, 6.45) is 4.02. The summed E-state index contributed by atoms with van der Waals surface area (Å²) in [6, 6.07) is 19.2. The van der Waals surface area contributed by atoms with Gasteiger partial charge in [0.1, 0.15) is 12.4 Å². The zero-order chi connectivity index (χ0) is 14.5. The lowest BCUT2D eigenvalue weighted by Gasteiger charge is -2.17. The van der Waals surface area contributed by atoms with Crippen LogP contribution >= 0.6 is 0 Å². The van der Waals surface area contributed by atoms with Crippen LogP contribution in [-0.2, 0) is 6.61 Å². The molecular formula is C19H23NO. The maximum Gasteiger partial charge on any atom is 0.120 e. The van der Waals surface area contributed by atoms with Crippen LogP contribution in [0.4, 0.5) is 0 Å². The molecule has 2 heteroatoms. The molecule has 21 heavy (non-hydrogen) atoms. The average molecular weight is 281 g/mol. The van der Waals surface area contributed by atoms with Crippen LogP contribution in [0.2, 0.25) is 0 Å². The predicted octanol–water partition coefficient (Wildman–Crippen LogP) is 4.33. The fraction of sp³-hybridized carbons (Fsp3) is 0.368. The van der Waals surface area contributed by atoms with Crippen molar-refractivity contribution in [3.8, 4) is 5.75 Å². The van der Waals surface area contributed by atoms with Crippen molar-refractivity contribution in [2.75, 3.05) is 7.05 Å². The summed E-state index contributed by atoms with van der Waals surface area (Å²) in [5.74, 6) is 1.86. The number of rotatable bonds is 7. The standard InChI is InChI=1S/C19H23NO/c1-20-19(12-15-10-11-15)17-8-5-9-18(13-17)21-14-16-6-3-2-4-7-16/h2-9,13,15,19-20H,10-12,14H2,1H3. The molecule has 2 aromatic carbocycles. The van der Waals surface area contributed by atoms with Crippen LogP contribution in [0.15, 0.2) is 54.6 Å². The van der Waals surface area contributed by atoms with Crippen molar-refractivity contribution in [1.82, 2.24) is 5.32 Å². The molecule has 1 N–H and O–H groups in total. The lowest BCUT2D eigenvalue weighted by Crippen LogP contribution is -2.17. The molecule has 0 spiro atoms. The largest absolute Gasteiger partial charge is 0.489 e. The molecule has 110 valence electrons. The maximum absolute atomic E-state index is 5.92. The first-order chi connectivity index (χ1) is 10.3. The van der Waals surface area contributed by atoms with Crippen molar-refractivity contribution in [2.24, 2.45) is 5.92 Å². The minimum Gasteiger partial charge on any atom is -0.489 e. The van der Waals surface area contributed by atoms with Crippen molar-refractivity contribution in [2.45, 2.75) is 31.9 Å². The Bertz CT molecular complexity index is 563. The van der Waals surface area contributed by atoms with Gasteiger partial charge in [0, 0.05) is 6.04 Å². The lowest BCUT2D eigenvalue weighted by atomic mass is 10.0. The van der Waals surface area contributed by atoms with E-state index in [9.17, 15) is 0 Å². The Morgan fingerprint density at radius 1 is 1.10 bits per heavy atom. The Labute approximate surface area is 127 Å². The Kier molecular flexibility index (Phi) is 4.56. The van der Waals surface area contributed by atoms with Gasteiger partial charge >= 0.3 is 0 Å². The highest BCUT2D eigenvalue weighted by Crippen LogP contribution is 2.37. The fourth-order valence-corrected chi connectivity index (χ4v) is 2.67. The van der Waals surface area contributed by atoms with Crippen molar-refractivity contribution in [1.29, 1.82) is 0 Å². The smallest absolute Gasteiger partial charge is 0.120 e. The molecule has 3 rings (SSSR count). The second kappa shape index (κ2) is 6.77. The molecule has 0 amide bonds. The summed E-state index contributed by atoms with van der Waals surface area (Å²) in [7, 11) is 2.05. The van der Waals surface area contributed by atoms with E-state index >= 15 is 0 Å². The van der Waals surface area contributed by atoms with Gasteiger partial charge in [0.25, 0.3) is 0 Å². The van der Waals surface area contributed by atoms with E-state index in [1.165, 1.54) is 30.4 Å². The zero-order valence-corrected chi connectivity index (χ0v) is 12.6. The Morgan fingerprint density at radius 2 is 1.90 bits per heavy atom. The van der Waals surface area contributed by atoms with Crippen LogP contribution in [-0.4, -0.2) is 7.05 Å². The molecule has 1 unspecified atom stereocenters. The van der Waals surface area contributed by atoms with Crippen molar-refractivity contribution < 1.29 is 4.74 Å². The van der Waals surface area contributed by atoms with Crippen LogP contribution in [0.3, 0.4) is 0 Å². The van der Waals surface area contributed by atoms with Crippen molar-refractivity contribution >= 4 is 0 Å². The van der Waals surface area contributed by atoms with Gasteiger partial charge in [-0.3, -0.25) is 0 Å². The summed E-state index contributed by atoms with van der Waals surface area (Å²) in [5, 5.41) is 3.44. The number of benzene rings is 2. The Hall–Kier alpha value is -1.80. The molecule has 0 bridgehead atoms. The number of ether oxygens (including phenoxy) is 1. The lowest BCUT2D eigenvalue weighted by molar-refractivity contribution is 0.305. The summed E-state index contributed by atoms with van der Waals surface area (Å²) >= 11 is 0. The third-order valence-corrected chi connectivity index (χ3v) is 4.12. The highest BCUT2D eigenvalue weighted by Gasteiger charge is 2.25. The van der Waals surface area contributed by atoms with Gasteiger partial charge in [-0.1, -0.05) is 55.3 Å². The second-order valence-electron chi connectivity index (χ2n) is 5.87. The summed E-state index contributed by atoms with van der Waals surface area (Å²) in [4.78, 5) is 0. The third-order valence-electron chi connectivity index (χ3n) is 4.12. The normalized spacial score (nSPS) is 15.7. The van der Waals surface area contributed by atoms with Gasteiger partial charge in [0.2, 0.25) is 0 Å². The van der Waals surface area contributed by atoms with Crippen LogP contribution in [0.5, 0.6) is 5.75 Å². The van der Waals surface area contributed by atoms with Gasteiger partial charge in [-0.15, -0.1) is 0 Å². The zero-order valence-electron chi connectivity index (χ0n) is 12.6. The summed E-state index contributed by atoms with van der Waals surface area (Å²) < 4.78 is 5.92. The molecule has 1 saturated carbocycles. The van der Waals surface area contributed by atoms with E-state index in [0.717, 1.165) is 11.7 Å². The van der Waals surface area contributed by atoms with E-state index in [-0.39, 0.29) is 0 Å². The summed E-state index contributed by atoms with van der Waals surface area (Å²) in [6.45, 7) is 0.622. The van der Waals surface area contributed by atoms with Gasteiger partial charge < -0.3 is 10.1 Å². The first-order valence-electron chi connectivity index (χ1n) is 7.79. The second-order valence-corrected chi connectivity index (χ2v) is 5.87. The molecule has 0 aromatic heterocycles. The van der Waals surface area contributed by atoms with E-state index in [2.05, 4.69) is 35.6 Å².